The number of hydrogen-bond acceptors (Lipinski definition) is 1. The molecule has 17 heavy (non-hydrogen) atoms. The summed E-state index contributed by atoms with van der Waals surface area (Å²) in [6.45, 7) is 1.25. The molecule has 1 saturated heterocycles. The average Bonchev–Trinajstić information content (AvgIpc) is 2.91. The normalized spacial score (nSPS) is 31.7. The molecule has 0 aromatic heterocycles. The molecule has 0 spiro atoms. The molecular weight excluding hydrogens is 230 g/mol. The van der Waals surface area contributed by atoms with Gasteiger partial charge in [-0.3, -0.25) is 0 Å². The summed E-state index contributed by atoms with van der Waals surface area (Å²) in [5.74, 6) is 1.91. The zero-order valence-electron chi connectivity index (χ0n) is 10.2. The number of rotatable bonds is 3. The van der Waals surface area contributed by atoms with Crippen molar-refractivity contribution in [1.29, 1.82) is 0 Å². The SMILES string of the molecule is Clc1ccccc1CCC1NCC2CCCC21. The predicted molar refractivity (Wildman–Crippen MR) is 72.4 cm³/mol. The fraction of sp³-hybridized carbons (Fsp3) is 0.600. The molecule has 3 unspecified atom stereocenters. The zero-order valence-corrected chi connectivity index (χ0v) is 10.9. The van der Waals surface area contributed by atoms with Gasteiger partial charge in [0.1, 0.15) is 0 Å². The van der Waals surface area contributed by atoms with Gasteiger partial charge in [-0.25, -0.2) is 0 Å². The number of aryl methyl sites for hydroxylation is 1. The van der Waals surface area contributed by atoms with Crippen LogP contribution >= 0.6 is 11.6 Å². The van der Waals surface area contributed by atoms with E-state index in [1.165, 1.54) is 37.8 Å². The van der Waals surface area contributed by atoms with E-state index in [1.54, 1.807) is 0 Å². The lowest BCUT2D eigenvalue weighted by atomic mass is 9.90. The lowest BCUT2D eigenvalue weighted by Gasteiger charge is -2.18. The van der Waals surface area contributed by atoms with E-state index in [-0.39, 0.29) is 0 Å². The molecule has 92 valence electrons. The smallest absolute Gasteiger partial charge is 0.0437 e. The molecule has 0 amide bonds. The summed E-state index contributed by atoms with van der Waals surface area (Å²) in [6, 6.07) is 8.98. The van der Waals surface area contributed by atoms with Gasteiger partial charge in [-0.05, 0) is 55.7 Å². The Kier molecular flexibility index (Phi) is 3.39. The van der Waals surface area contributed by atoms with Crippen LogP contribution < -0.4 is 5.32 Å². The van der Waals surface area contributed by atoms with Crippen molar-refractivity contribution in [2.75, 3.05) is 6.54 Å². The van der Waals surface area contributed by atoms with Crippen molar-refractivity contribution in [1.82, 2.24) is 5.32 Å². The zero-order chi connectivity index (χ0) is 11.7. The van der Waals surface area contributed by atoms with E-state index in [9.17, 15) is 0 Å². The molecule has 1 nitrogen and oxygen atoms in total. The minimum atomic E-state index is 0.735. The molecule has 1 aliphatic heterocycles. The van der Waals surface area contributed by atoms with Gasteiger partial charge in [0.2, 0.25) is 0 Å². The Morgan fingerprint density at radius 3 is 3.00 bits per heavy atom. The van der Waals surface area contributed by atoms with Crippen LogP contribution in [0.5, 0.6) is 0 Å². The molecule has 0 radical (unpaired) electrons. The van der Waals surface area contributed by atoms with E-state index in [0.29, 0.717) is 0 Å². The van der Waals surface area contributed by atoms with Crippen LogP contribution in [-0.2, 0) is 6.42 Å². The largest absolute Gasteiger partial charge is 0.313 e. The van der Waals surface area contributed by atoms with E-state index >= 15 is 0 Å². The van der Waals surface area contributed by atoms with Crippen LogP contribution in [0.1, 0.15) is 31.2 Å². The highest BCUT2D eigenvalue weighted by molar-refractivity contribution is 6.31. The number of hydrogen-bond donors (Lipinski definition) is 1. The van der Waals surface area contributed by atoms with E-state index < -0.39 is 0 Å². The van der Waals surface area contributed by atoms with Crippen molar-refractivity contribution in [3.05, 3.63) is 34.9 Å². The first kappa shape index (κ1) is 11.6. The second-order valence-electron chi connectivity index (χ2n) is 5.50. The van der Waals surface area contributed by atoms with Gasteiger partial charge >= 0.3 is 0 Å². The average molecular weight is 250 g/mol. The molecule has 1 aliphatic carbocycles. The van der Waals surface area contributed by atoms with Gasteiger partial charge in [0, 0.05) is 11.1 Å². The highest BCUT2D eigenvalue weighted by atomic mass is 35.5. The Balaban J connectivity index is 1.60. The number of benzene rings is 1. The maximum absolute atomic E-state index is 6.20. The maximum atomic E-state index is 6.20. The van der Waals surface area contributed by atoms with Gasteiger partial charge in [0.15, 0.2) is 0 Å². The number of fused-ring (bicyclic) bond motifs is 1. The highest BCUT2D eigenvalue weighted by Crippen LogP contribution is 2.39. The fourth-order valence-corrected chi connectivity index (χ4v) is 3.86. The molecule has 3 atom stereocenters. The van der Waals surface area contributed by atoms with Gasteiger partial charge in [-0.1, -0.05) is 36.2 Å². The third-order valence-corrected chi connectivity index (χ3v) is 4.93. The van der Waals surface area contributed by atoms with Gasteiger partial charge in [-0.2, -0.15) is 0 Å². The topological polar surface area (TPSA) is 12.0 Å². The Labute approximate surface area is 109 Å². The molecule has 2 fully saturated rings. The van der Waals surface area contributed by atoms with Gasteiger partial charge in [0.05, 0.1) is 0 Å². The Hall–Kier alpha value is -0.530. The minimum absolute atomic E-state index is 0.735. The van der Waals surface area contributed by atoms with Gasteiger partial charge in [0.25, 0.3) is 0 Å². The lowest BCUT2D eigenvalue weighted by Crippen LogP contribution is -2.27. The van der Waals surface area contributed by atoms with Gasteiger partial charge in [-0.15, -0.1) is 0 Å². The Morgan fingerprint density at radius 2 is 2.12 bits per heavy atom. The van der Waals surface area contributed by atoms with E-state index in [0.717, 1.165) is 29.3 Å². The quantitative estimate of drug-likeness (QED) is 0.862. The third kappa shape index (κ3) is 2.36. The first-order chi connectivity index (χ1) is 8.34. The molecule has 1 aromatic rings. The van der Waals surface area contributed by atoms with Crippen molar-refractivity contribution < 1.29 is 0 Å². The molecule has 1 N–H and O–H groups in total. The molecule has 3 rings (SSSR count). The second kappa shape index (κ2) is 4.99. The Bertz CT molecular complexity index is 390. The summed E-state index contributed by atoms with van der Waals surface area (Å²) >= 11 is 6.20. The van der Waals surface area contributed by atoms with Crippen molar-refractivity contribution in [3.8, 4) is 0 Å². The number of halogens is 1. The summed E-state index contributed by atoms with van der Waals surface area (Å²) in [5.41, 5.74) is 1.30. The molecular formula is C15H20ClN. The van der Waals surface area contributed by atoms with Crippen LogP contribution in [0, 0.1) is 11.8 Å². The highest BCUT2D eigenvalue weighted by Gasteiger charge is 2.38. The third-order valence-electron chi connectivity index (χ3n) is 4.56. The molecule has 1 heterocycles. The van der Waals surface area contributed by atoms with Crippen LogP contribution in [0.3, 0.4) is 0 Å². The summed E-state index contributed by atoms with van der Waals surface area (Å²) in [7, 11) is 0. The van der Waals surface area contributed by atoms with Crippen molar-refractivity contribution >= 4 is 11.6 Å². The van der Waals surface area contributed by atoms with Crippen molar-refractivity contribution in [3.63, 3.8) is 0 Å². The molecule has 2 aliphatic rings. The lowest BCUT2D eigenvalue weighted by molar-refractivity contribution is 0.393. The van der Waals surface area contributed by atoms with E-state index in [4.69, 9.17) is 11.6 Å². The molecule has 1 aromatic carbocycles. The van der Waals surface area contributed by atoms with Crippen molar-refractivity contribution in [2.24, 2.45) is 11.8 Å². The molecule has 2 heteroatoms. The van der Waals surface area contributed by atoms with Crippen LogP contribution in [-0.4, -0.2) is 12.6 Å². The monoisotopic (exact) mass is 249 g/mol. The number of nitrogens with one attached hydrogen (secondary N) is 1. The van der Waals surface area contributed by atoms with Crippen LogP contribution in [0.15, 0.2) is 24.3 Å². The summed E-state index contributed by atoms with van der Waals surface area (Å²) in [4.78, 5) is 0. The maximum Gasteiger partial charge on any atom is 0.0437 e. The molecule has 0 bridgehead atoms. The van der Waals surface area contributed by atoms with Gasteiger partial charge < -0.3 is 5.32 Å². The Morgan fingerprint density at radius 1 is 1.24 bits per heavy atom. The predicted octanol–water partition coefficient (Wildman–Crippen LogP) is 3.66. The van der Waals surface area contributed by atoms with Crippen LogP contribution in [0.2, 0.25) is 5.02 Å². The first-order valence-electron chi connectivity index (χ1n) is 6.81. The minimum Gasteiger partial charge on any atom is -0.313 e. The fourth-order valence-electron chi connectivity index (χ4n) is 3.63. The van der Waals surface area contributed by atoms with Crippen LogP contribution in [0.25, 0.3) is 0 Å². The standard InChI is InChI=1S/C15H20ClN/c16-14-7-2-1-4-11(14)8-9-15-13-6-3-5-12(13)10-17-15/h1-2,4,7,12-13,15,17H,3,5-6,8-10H2. The second-order valence-corrected chi connectivity index (χ2v) is 5.91. The van der Waals surface area contributed by atoms with E-state index in [2.05, 4.69) is 17.4 Å². The summed E-state index contributed by atoms with van der Waals surface area (Å²) in [5, 5.41) is 4.63. The summed E-state index contributed by atoms with van der Waals surface area (Å²) in [6.07, 6.45) is 6.68. The van der Waals surface area contributed by atoms with E-state index in [1.807, 2.05) is 12.1 Å². The summed E-state index contributed by atoms with van der Waals surface area (Å²) < 4.78 is 0. The first-order valence-corrected chi connectivity index (χ1v) is 7.19. The van der Waals surface area contributed by atoms with Crippen LogP contribution in [0.4, 0.5) is 0 Å². The van der Waals surface area contributed by atoms with Crippen molar-refractivity contribution in [2.45, 2.75) is 38.1 Å². The molecule has 1 saturated carbocycles.